The van der Waals surface area contributed by atoms with Crippen LogP contribution in [0.4, 0.5) is 5.69 Å². The van der Waals surface area contributed by atoms with E-state index >= 15 is 0 Å². The predicted octanol–water partition coefficient (Wildman–Crippen LogP) is 4.50. The van der Waals surface area contributed by atoms with Gasteiger partial charge in [-0.05, 0) is 36.2 Å². The molecule has 1 heterocycles. The fourth-order valence-corrected chi connectivity index (χ4v) is 3.00. The molecule has 29 heavy (non-hydrogen) atoms. The maximum Gasteiger partial charge on any atom is 0.248 e. The molecule has 1 atom stereocenters. The van der Waals surface area contributed by atoms with Gasteiger partial charge in [0.1, 0.15) is 5.75 Å². The van der Waals surface area contributed by atoms with Crippen molar-refractivity contribution in [2.24, 2.45) is 5.73 Å². The average molecular weight is 389 g/mol. The van der Waals surface area contributed by atoms with Gasteiger partial charge in [-0.1, -0.05) is 49.7 Å². The summed E-state index contributed by atoms with van der Waals surface area (Å²) in [4.78, 5) is 28.3. The molecule has 0 saturated heterocycles. The summed E-state index contributed by atoms with van der Waals surface area (Å²) in [5, 5.41) is 2.92. The molecule has 6 heteroatoms. The number of amides is 2. The molecule has 1 aromatic heterocycles. The Morgan fingerprint density at radius 3 is 2.52 bits per heavy atom. The number of ether oxygens (including phenoxy) is 1. The lowest BCUT2D eigenvalue weighted by molar-refractivity contribution is -0.117. The molecule has 0 saturated carbocycles. The molecule has 3 aromatic rings. The summed E-state index contributed by atoms with van der Waals surface area (Å²) in [5.74, 6) is -0.00618. The molecular weight excluding hydrogens is 366 g/mol. The van der Waals surface area contributed by atoms with E-state index in [1.807, 2.05) is 30.3 Å². The van der Waals surface area contributed by atoms with Gasteiger partial charge in [0, 0.05) is 11.6 Å². The third-order valence-corrected chi connectivity index (χ3v) is 4.44. The molecule has 0 radical (unpaired) electrons. The zero-order chi connectivity index (χ0) is 20.6. The van der Waals surface area contributed by atoms with Crippen molar-refractivity contribution in [1.29, 1.82) is 0 Å². The molecule has 3 rings (SSSR count). The van der Waals surface area contributed by atoms with Gasteiger partial charge in [0.25, 0.3) is 0 Å². The summed E-state index contributed by atoms with van der Waals surface area (Å²) in [6, 6.07) is 19.7. The number of nitrogens with zero attached hydrogens (tertiary/aromatic N) is 1. The zero-order valence-corrected chi connectivity index (χ0v) is 16.2. The Labute approximate surface area is 169 Å². The second kappa shape index (κ2) is 9.50. The van der Waals surface area contributed by atoms with Crippen molar-refractivity contribution in [3.05, 3.63) is 84.1 Å². The normalized spacial score (nSPS) is 11.5. The Hall–Kier alpha value is -3.67. The first-order valence-corrected chi connectivity index (χ1v) is 9.46. The van der Waals surface area contributed by atoms with E-state index in [0.717, 1.165) is 18.4 Å². The molecule has 0 aliphatic rings. The van der Waals surface area contributed by atoms with Gasteiger partial charge in [0.2, 0.25) is 17.7 Å². The summed E-state index contributed by atoms with van der Waals surface area (Å²) in [7, 11) is 0. The third-order valence-electron chi connectivity index (χ3n) is 4.44. The molecule has 0 bridgehead atoms. The lowest BCUT2D eigenvalue weighted by Gasteiger charge is -2.16. The van der Waals surface area contributed by atoms with Crippen molar-refractivity contribution in [2.75, 3.05) is 5.32 Å². The zero-order valence-electron chi connectivity index (χ0n) is 16.2. The standard InChI is InChI=1S/C23H23N3O3/c1-2-7-20(16-8-4-3-5-9-16)23(28)26-18-12-13-21(25-15-18)29-19-11-6-10-17(14-19)22(24)27/h3-6,8-15,20H,2,7H2,1H3,(H2,24,27)(H,26,28). The van der Waals surface area contributed by atoms with Crippen LogP contribution >= 0.6 is 0 Å². The van der Waals surface area contributed by atoms with Crippen molar-refractivity contribution in [2.45, 2.75) is 25.7 Å². The molecule has 0 aliphatic heterocycles. The van der Waals surface area contributed by atoms with Gasteiger partial charge in [0.15, 0.2) is 0 Å². The number of carbonyl (C=O) groups excluding carboxylic acids is 2. The fourth-order valence-electron chi connectivity index (χ4n) is 3.00. The van der Waals surface area contributed by atoms with E-state index in [9.17, 15) is 9.59 Å². The van der Waals surface area contributed by atoms with Gasteiger partial charge in [-0.25, -0.2) is 4.98 Å². The van der Waals surface area contributed by atoms with Crippen LogP contribution in [0, 0.1) is 0 Å². The minimum absolute atomic E-state index is 0.0670. The maximum absolute atomic E-state index is 12.8. The lowest BCUT2D eigenvalue weighted by Crippen LogP contribution is -2.21. The largest absolute Gasteiger partial charge is 0.439 e. The molecule has 1 unspecified atom stereocenters. The second-order valence-electron chi connectivity index (χ2n) is 6.62. The van der Waals surface area contributed by atoms with Gasteiger partial charge in [-0.15, -0.1) is 0 Å². The highest BCUT2D eigenvalue weighted by Gasteiger charge is 2.19. The molecule has 2 amide bonds. The topological polar surface area (TPSA) is 94.3 Å². The van der Waals surface area contributed by atoms with Gasteiger partial charge >= 0.3 is 0 Å². The van der Waals surface area contributed by atoms with Gasteiger partial charge in [0.05, 0.1) is 17.8 Å². The molecular formula is C23H23N3O3. The van der Waals surface area contributed by atoms with Gasteiger partial charge in [-0.2, -0.15) is 0 Å². The summed E-state index contributed by atoms with van der Waals surface area (Å²) in [6.07, 6.45) is 3.21. The number of rotatable bonds is 8. The molecule has 0 fully saturated rings. The summed E-state index contributed by atoms with van der Waals surface area (Å²) in [5.41, 5.74) is 7.22. The Morgan fingerprint density at radius 1 is 1.07 bits per heavy atom. The van der Waals surface area contributed by atoms with E-state index in [1.54, 1.807) is 42.6 Å². The summed E-state index contributed by atoms with van der Waals surface area (Å²) in [6.45, 7) is 2.06. The highest BCUT2D eigenvalue weighted by molar-refractivity contribution is 5.95. The van der Waals surface area contributed by atoms with Gasteiger partial charge in [-0.3, -0.25) is 9.59 Å². The van der Waals surface area contributed by atoms with Crippen LogP contribution in [-0.4, -0.2) is 16.8 Å². The molecule has 6 nitrogen and oxygen atoms in total. The molecule has 148 valence electrons. The first-order chi connectivity index (χ1) is 14.1. The van der Waals surface area contributed by atoms with Crippen LogP contribution in [0.25, 0.3) is 0 Å². The van der Waals surface area contributed by atoms with Crippen molar-refractivity contribution in [3.63, 3.8) is 0 Å². The van der Waals surface area contributed by atoms with Crippen molar-refractivity contribution >= 4 is 17.5 Å². The summed E-state index contributed by atoms with van der Waals surface area (Å²) >= 11 is 0. The first kappa shape index (κ1) is 20.1. The predicted molar refractivity (Wildman–Crippen MR) is 112 cm³/mol. The van der Waals surface area contributed by atoms with E-state index in [-0.39, 0.29) is 11.8 Å². The second-order valence-corrected chi connectivity index (χ2v) is 6.62. The number of anilines is 1. The number of primary amides is 1. The van der Waals surface area contributed by atoms with E-state index < -0.39 is 5.91 Å². The minimum Gasteiger partial charge on any atom is -0.439 e. The monoisotopic (exact) mass is 389 g/mol. The lowest BCUT2D eigenvalue weighted by atomic mass is 9.93. The van der Waals surface area contributed by atoms with Crippen molar-refractivity contribution in [1.82, 2.24) is 4.98 Å². The average Bonchev–Trinajstić information content (AvgIpc) is 2.74. The Balaban J connectivity index is 1.67. The quantitative estimate of drug-likeness (QED) is 0.593. The molecule has 0 aliphatic carbocycles. The Bertz CT molecular complexity index is 972. The minimum atomic E-state index is -0.526. The van der Waals surface area contributed by atoms with E-state index in [4.69, 9.17) is 10.5 Å². The van der Waals surface area contributed by atoms with E-state index in [0.29, 0.717) is 22.9 Å². The SMILES string of the molecule is CCCC(C(=O)Nc1ccc(Oc2cccc(C(N)=O)c2)nc1)c1ccccc1. The van der Waals surface area contributed by atoms with Crippen LogP contribution in [0.2, 0.25) is 0 Å². The summed E-state index contributed by atoms with van der Waals surface area (Å²) < 4.78 is 5.65. The highest BCUT2D eigenvalue weighted by atomic mass is 16.5. The Morgan fingerprint density at radius 2 is 1.86 bits per heavy atom. The molecule has 0 spiro atoms. The Kier molecular flexibility index (Phi) is 6.58. The number of hydrogen-bond acceptors (Lipinski definition) is 4. The van der Waals surface area contributed by atoms with Crippen LogP contribution in [-0.2, 0) is 4.79 Å². The maximum atomic E-state index is 12.8. The van der Waals surface area contributed by atoms with Crippen LogP contribution in [0.1, 0.15) is 41.6 Å². The van der Waals surface area contributed by atoms with Crippen LogP contribution in [0.5, 0.6) is 11.6 Å². The molecule has 2 aromatic carbocycles. The molecule has 3 N–H and O–H groups in total. The van der Waals surface area contributed by atoms with Crippen molar-refractivity contribution in [3.8, 4) is 11.6 Å². The highest BCUT2D eigenvalue weighted by Crippen LogP contribution is 2.25. The number of benzene rings is 2. The first-order valence-electron chi connectivity index (χ1n) is 9.46. The smallest absolute Gasteiger partial charge is 0.248 e. The fraction of sp³-hybridized carbons (Fsp3) is 0.174. The number of carbonyl (C=O) groups is 2. The van der Waals surface area contributed by atoms with Gasteiger partial charge < -0.3 is 15.8 Å². The van der Waals surface area contributed by atoms with Crippen LogP contribution in [0.15, 0.2) is 72.9 Å². The third kappa shape index (κ3) is 5.42. The van der Waals surface area contributed by atoms with Crippen LogP contribution in [0.3, 0.4) is 0 Å². The number of aromatic nitrogens is 1. The van der Waals surface area contributed by atoms with E-state index in [1.165, 1.54) is 0 Å². The van der Waals surface area contributed by atoms with Crippen LogP contribution < -0.4 is 15.8 Å². The number of hydrogen-bond donors (Lipinski definition) is 2. The number of nitrogens with two attached hydrogens (primary N) is 1. The number of pyridine rings is 1. The number of nitrogens with one attached hydrogen (secondary N) is 1. The van der Waals surface area contributed by atoms with E-state index in [2.05, 4.69) is 17.2 Å². The van der Waals surface area contributed by atoms with Crippen molar-refractivity contribution < 1.29 is 14.3 Å².